The number of hydrogen-bond acceptors (Lipinski definition) is 3. The summed E-state index contributed by atoms with van der Waals surface area (Å²) in [5.41, 5.74) is 2.46. The Labute approximate surface area is 167 Å². The van der Waals surface area contributed by atoms with E-state index in [1.165, 1.54) is 11.1 Å². The number of guanidine groups is 1. The van der Waals surface area contributed by atoms with Crippen molar-refractivity contribution >= 4 is 29.9 Å². The Morgan fingerprint density at radius 2 is 2.00 bits per heavy atom. The van der Waals surface area contributed by atoms with Crippen molar-refractivity contribution < 1.29 is 0 Å². The second-order valence-corrected chi connectivity index (χ2v) is 6.01. The average molecular weight is 456 g/mol. The largest absolute Gasteiger partial charge is 0.356 e. The SMILES string of the molecule is CCCCNC(=NCc1cccc(C)c1)NCc1nnc(C)n1C.I. The molecule has 0 amide bonds. The first-order valence-electron chi connectivity index (χ1n) is 8.52. The fraction of sp³-hybridized carbons (Fsp3) is 0.500. The van der Waals surface area contributed by atoms with Crippen molar-refractivity contribution in [3.8, 4) is 0 Å². The van der Waals surface area contributed by atoms with Crippen molar-refractivity contribution in [2.75, 3.05) is 6.54 Å². The van der Waals surface area contributed by atoms with Crippen LogP contribution in [0.2, 0.25) is 0 Å². The van der Waals surface area contributed by atoms with Crippen LogP contribution in [-0.4, -0.2) is 27.3 Å². The molecule has 0 aliphatic heterocycles. The van der Waals surface area contributed by atoms with Crippen molar-refractivity contribution in [1.29, 1.82) is 0 Å². The van der Waals surface area contributed by atoms with E-state index in [1.807, 2.05) is 18.5 Å². The zero-order chi connectivity index (χ0) is 17.4. The van der Waals surface area contributed by atoms with Crippen molar-refractivity contribution in [3.05, 3.63) is 47.0 Å². The van der Waals surface area contributed by atoms with E-state index in [-0.39, 0.29) is 24.0 Å². The summed E-state index contributed by atoms with van der Waals surface area (Å²) in [6.07, 6.45) is 2.27. The van der Waals surface area contributed by atoms with Crippen LogP contribution in [-0.2, 0) is 20.1 Å². The molecular weight excluding hydrogens is 427 g/mol. The van der Waals surface area contributed by atoms with Crippen LogP contribution in [0.3, 0.4) is 0 Å². The lowest BCUT2D eigenvalue weighted by Crippen LogP contribution is -2.38. The van der Waals surface area contributed by atoms with Gasteiger partial charge in [-0.25, -0.2) is 4.99 Å². The van der Waals surface area contributed by atoms with E-state index in [4.69, 9.17) is 4.99 Å². The van der Waals surface area contributed by atoms with Crippen molar-refractivity contribution in [2.24, 2.45) is 12.0 Å². The van der Waals surface area contributed by atoms with E-state index in [0.717, 1.165) is 37.0 Å². The van der Waals surface area contributed by atoms with Crippen molar-refractivity contribution in [2.45, 2.75) is 46.7 Å². The highest BCUT2D eigenvalue weighted by Gasteiger charge is 2.06. The fourth-order valence-electron chi connectivity index (χ4n) is 2.31. The molecule has 0 atom stereocenters. The molecule has 0 saturated heterocycles. The van der Waals surface area contributed by atoms with E-state index in [0.29, 0.717) is 13.1 Å². The molecule has 0 saturated carbocycles. The van der Waals surface area contributed by atoms with Gasteiger partial charge in [-0.1, -0.05) is 43.2 Å². The Morgan fingerprint density at radius 1 is 1.20 bits per heavy atom. The lowest BCUT2D eigenvalue weighted by Gasteiger charge is -2.12. The van der Waals surface area contributed by atoms with Crippen LogP contribution in [0.1, 0.15) is 42.5 Å². The van der Waals surface area contributed by atoms with E-state index >= 15 is 0 Å². The van der Waals surface area contributed by atoms with Gasteiger partial charge in [-0.2, -0.15) is 0 Å². The van der Waals surface area contributed by atoms with Gasteiger partial charge in [0, 0.05) is 13.6 Å². The van der Waals surface area contributed by atoms with Gasteiger partial charge in [-0.3, -0.25) is 0 Å². The molecule has 0 bridgehead atoms. The fourth-order valence-corrected chi connectivity index (χ4v) is 2.31. The van der Waals surface area contributed by atoms with Crippen LogP contribution in [0.4, 0.5) is 0 Å². The lowest BCUT2D eigenvalue weighted by molar-refractivity contribution is 0.695. The van der Waals surface area contributed by atoms with Crippen LogP contribution in [0.25, 0.3) is 0 Å². The molecule has 1 aromatic carbocycles. The smallest absolute Gasteiger partial charge is 0.191 e. The molecule has 0 fully saturated rings. The van der Waals surface area contributed by atoms with Gasteiger partial charge < -0.3 is 15.2 Å². The number of benzene rings is 1. The quantitative estimate of drug-likeness (QED) is 0.291. The minimum Gasteiger partial charge on any atom is -0.356 e. The first kappa shape index (κ1) is 21.4. The molecule has 1 aromatic heterocycles. The molecule has 2 rings (SSSR count). The number of hydrogen-bond donors (Lipinski definition) is 2. The van der Waals surface area contributed by atoms with Crippen LogP contribution in [0.15, 0.2) is 29.3 Å². The first-order valence-corrected chi connectivity index (χ1v) is 8.52. The summed E-state index contributed by atoms with van der Waals surface area (Å²) in [5.74, 6) is 2.61. The van der Waals surface area contributed by atoms with Crippen LogP contribution in [0.5, 0.6) is 0 Å². The molecule has 1 heterocycles. The van der Waals surface area contributed by atoms with Crippen LogP contribution >= 0.6 is 24.0 Å². The monoisotopic (exact) mass is 456 g/mol. The predicted octanol–water partition coefficient (Wildman–Crippen LogP) is 3.09. The van der Waals surface area contributed by atoms with Gasteiger partial charge in [0.15, 0.2) is 11.8 Å². The first-order chi connectivity index (χ1) is 11.6. The molecule has 0 aliphatic rings. The lowest BCUT2D eigenvalue weighted by atomic mass is 10.1. The third kappa shape index (κ3) is 7.01. The Balaban J connectivity index is 0.00000312. The number of aromatic nitrogens is 3. The third-order valence-corrected chi connectivity index (χ3v) is 3.92. The maximum Gasteiger partial charge on any atom is 0.191 e. The second-order valence-electron chi connectivity index (χ2n) is 6.01. The summed E-state index contributed by atoms with van der Waals surface area (Å²) in [5, 5.41) is 15.0. The Kier molecular flexibility index (Phi) is 9.48. The topological polar surface area (TPSA) is 67.1 Å². The number of aryl methyl sites for hydroxylation is 2. The maximum absolute atomic E-state index is 4.70. The van der Waals surface area contributed by atoms with Crippen molar-refractivity contribution in [1.82, 2.24) is 25.4 Å². The summed E-state index contributed by atoms with van der Waals surface area (Å²) >= 11 is 0. The standard InChI is InChI=1S/C18H28N6.HI/c1-5-6-10-19-18(20-12-16-9-7-8-14(2)11-16)21-13-17-23-22-15(3)24(17)4;/h7-9,11H,5-6,10,12-13H2,1-4H3,(H2,19,20,21);1H. The number of nitrogens with one attached hydrogen (secondary N) is 2. The average Bonchev–Trinajstić information content (AvgIpc) is 2.89. The summed E-state index contributed by atoms with van der Waals surface area (Å²) in [6, 6.07) is 8.44. The maximum atomic E-state index is 4.70. The molecule has 138 valence electrons. The van der Waals surface area contributed by atoms with E-state index < -0.39 is 0 Å². The summed E-state index contributed by atoms with van der Waals surface area (Å²) in [4.78, 5) is 4.70. The summed E-state index contributed by atoms with van der Waals surface area (Å²) in [7, 11) is 1.97. The van der Waals surface area contributed by atoms with Crippen LogP contribution in [0, 0.1) is 13.8 Å². The molecule has 25 heavy (non-hydrogen) atoms. The number of rotatable bonds is 7. The minimum absolute atomic E-state index is 0. The number of aliphatic imine (C=N–C) groups is 1. The predicted molar refractivity (Wildman–Crippen MR) is 113 cm³/mol. The van der Waals surface area contributed by atoms with E-state index in [1.54, 1.807) is 0 Å². The van der Waals surface area contributed by atoms with Gasteiger partial charge in [-0.15, -0.1) is 34.2 Å². The van der Waals surface area contributed by atoms with Gasteiger partial charge >= 0.3 is 0 Å². The highest BCUT2D eigenvalue weighted by molar-refractivity contribution is 14.0. The zero-order valence-electron chi connectivity index (χ0n) is 15.5. The second kappa shape index (κ2) is 11.1. The van der Waals surface area contributed by atoms with Gasteiger partial charge in [0.25, 0.3) is 0 Å². The Bertz CT molecular complexity index is 680. The van der Waals surface area contributed by atoms with E-state index in [9.17, 15) is 0 Å². The molecule has 0 radical (unpaired) electrons. The normalized spacial score (nSPS) is 11.1. The molecule has 2 aromatic rings. The number of halogens is 1. The van der Waals surface area contributed by atoms with Gasteiger partial charge in [0.2, 0.25) is 0 Å². The van der Waals surface area contributed by atoms with Crippen molar-refractivity contribution in [3.63, 3.8) is 0 Å². The minimum atomic E-state index is 0. The van der Waals surface area contributed by atoms with Crippen LogP contribution < -0.4 is 10.6 Å². The highest BCUT2D eigenvalue weighted by Crippen LogP contribution is 2.05. The van der Waals surface area contributed by atoms with Gasteiger partial charge in [0.05, 0.1) is 13.1 Å². The molecule has 7 heteroatoms. The molecule has 0 unspecified atom stereocenters. The zero-order valence-corrected chi connectivity index (χ0v) is 17.9. The number of nitrogens with zero attached hydrogens (tertiary/aromatic N) is 4. The summed E-state index contributed by atoms with van der Waals surface area (Å²) in [6.45, 7) is 8.39. The molecule has 0 spiro atoms. The third-order valence-electron chi connectivity index (χ3n) is 3.92. The van der Waals surface area contributed by atoms with E-state index in [2.05, 4.69) is 58.9 Å². The van der Waals surface area contributed by atoms with Gasteiger partial charge in [-0.05, 0) is 25.8 Å². The summed E-state index contributed by atoms with van der Waals surface area (Å²) < 4.78 is 1.98. The molecule has 2 N–H and O–H groups in total. The Morgan fingerprint density at radius 3 is 2.64 bits per heavy atom. The molecule has 6 nitrogen and oxygen atoms in total. The molecule has 0 aliphatic carbocycles. The highest BCUT2D eigenvalue weighted by atomic mass is 127. The Hall–Kier alpha value is -1.64. The molecular formula is C18H29IN6. The van der Waals surface area contributed by atoms with Gasteiger partial charge in [0.1, 0.15) is 5.82 Å². The number of unbranched alkanes of at least 4 members (excludes halogenated alkanes) is 1.